The third kappa shape index (κ3) is 5.05. The second-order valence-corrected chi connectivity index (χ2v) is 6.50. The molecule has 1 atom stereocenters. The summed E-state index contributed by atoms with van der Waals surface area (Å²) in [6.45, 7) is 3.19. The van der Waals surface area contributed by atoms with E-state index in [2.05, 4.69) is 34.6 Å². The molecule has 25 heavy (non-hydrogen) atoms. The maximum Gasteiger partial charge on any atom is 0.238 e. The molecule has 1 aliphatic rings. The van der Waals surface area contributed by atoms with Crippen LogP contribution in [-0.2, 0) is 17.9 Å². The van der Waals surface area contributed by atoms with Crippen LogP contribution >= 0.6 is 0 Å². The summed E-state index contributed by atoms with van der Waals surface area (Å²) in [7, 11) is 0. The third-order valence-corrected chi connectivity index (χ3v) is 4.60. The maximum absolute atomic E-state index is 11.7. The number of ether oxygens (including phenoxy) is 1. The summed E-state index contributed by atoms with van der Waals surface area (Å²) >= 11 is 0. The number of hydrogen-bond donors (Lipinski definition) is 2. The monoisotopic (exact) mass is 339 g/mol. The lowest BCUT2D eigenvalue weighted by Gasteiger charge is -2.31. The van der Waals surface area contributed by atoms with Crippen molar-refractivity contribution in [2.45, 2.75) is 26.0 Å². The molecule has 1 aliphatic heterocycles. The Kier molecular flexibility index (Phi) is 6.04. The van der Waals surface area contributed by atoms with E-state index < -0.39 is 0 Å². The zero-order valence-electron chi connectivity index (χ0n) is 14.4. The average molecular weight is 339 g/mol. The number of carbonyl (C=O) groups is 1. The van der Waals surface area contributed by atoms with Crippen LogP contribution in [-0.4, -0.2) is 23.9 Å². The lowest BCUT2D eigenvalue weighted by molar-refractivity contribution is -0.126. The minimum atomic E-state index is -0.0608. The summed E-state index contributed by atoms with van der Waals surface area (Å²) in [5, 5.41) is 0. The Balaban J connectivity index is 1.51. The van der Waals surface area contributed by atoms with Crippen molar-refractivity contribution in [2.24, 2.45) is 11.8 Å². The number of likely N-dealkylation sites (tertiary alicyclic amines) is 1. The van der Waals surface area contributed by atoms with Gasteiger partial charge in [0, 0.05) is 13.1 Å². The van der Waals surface area contributed by atoms with Crippen molar-refractivity contribution in [1.29, 1.82) is 0 Å². The summed E-state index contributed by atoms with van der Waals surface area (Å²) in [5.41, 5.74) is 4.65. The molecule has 1 saturated heterocycles. The van der Waals surface area contributed by atoms with Gasteiger partial charge < -0.3 is 4.74 Å². The van der Waals surface area contributed by atoms with E-state index in [-0.39, 0.29) is 11.8 Å². The second kappa shape index (κ2) is 8.65. The van der Waals surface area contributed by atoms with Crippen LogP contribution in [0.2, 0.25) is 0 Å². The minimum Gasteiger partial charge on any atom is -0.489 e. The Morgan fingerprint density at radius 1 is 1.12 bits per heavy atom. The van der Waals surface area contributed by atoms with Crippen molar-refractivity contribution < 1.29 is 9.53 Å². The van der Waals surface area contributed by atoms with E-state index in [0.29, 0.717) is 6.61 Å². The van der Waals surface area contributed by atoms with Gasteiger partial charge in [-0.1, -0.05) is 42.5 Å². The number of amides is 1. The number of rotatable bonds is 6. The number of benzene rings is 2. The second-order valence-electron chi connectivity index (χ2n) is 6.50. The van der Waals surface area contributed by atoms with Gasteiger partial charge in [-0.25, -0.2) is 5.84 Å². The van der Waals surface area contributed by atoms with E-state index in [1.54, 1.807) is 0 Å². The zero-order chi connectivity index (χ0) is 17.5. The number of piperidine rings is 1. The van der Waals surface area contributed by atoms with Crippen LogP contribution in [0.15, 0.2) is 54.6 Å². The largest absolute Gasteiger partial charge is 0.489 e. The van der Waals surface area contributed by atoms with E-state index in [9.17, 15) is 4.79 Å². The van der Waals surface area contributed by atoms with Gasteiger partial charge in [0.15, 0.2) is 0 Å². The molecule has 5 nitrogen and oxygen atoms in total. The number of hydrazine groups is 1. The molecule has 1 heterocycles. The Morgan fingerprint density at radius 2 is 1.88 bits per heavy atom. The van der Waals surface area contributed by atoms with Crippen molar-refractivity contribution in [1.82, 2.24) is 10.3 Å². The first-order chi connectivity index (χ1) is 12.2. The van der Waals surface area contributed by atoms with Gasteiger partial charge in [0.05, 0.1) is 5.92 Å². The summed E-state index contributed by atoms with van der Waals surface area (Å²) in [6.07, 6.45) is 1.93. The molecule has 0 saturated carbocycles. The highest BCUT2D eigenvalue weighted by atomic mass is 16.5. The van der Waals surface area contributed by atoms with Gasteiger partial charge in [-0.05, 0) is 42.6 Å². The van der Waals surface area contributed by atoms with Gasteiger partial charge in [0.2, 0.25) is 5.91 Å². The van der Waals surface area contributed by atoms with Crippen molar-refractivity contribution in [2.75, 3.05) is 13.1 Å². The van der Waals surface area contributed by atoms with Crippen LogP contribution in [0.1, 0.15) is 24.0 Å². The zero-order valence-corrected chi connectivity index (χ0v) is 14.4. The Hall–Kier alpha value is -2.37. The molecule has 1 unspecified atom stereocenters. The molecular formula is C20H25N3O2. The third-order valence-electron chi connectivity index (χ3n) is 4.60. The van der Waals surface area contributed by atoms with Crippen LogP contribution < -0.4 is 16.0 Å². The number of carbonyl (C=O) groups excluding carboxylic acids is 1. The highest BCUT2D eigenvalue weighted by Gasteiger charge is 2.25. The predicted octanol–water partition coefficient (Wildman–Crippen LogP) is 2.47. The minimum absolute atomic E-state index is 0.00720. The number of hydrogen-bond acceptors (Lipinski definition) is 4. The van der Waals surface area contributed by atoms with Crippen LogP contribution in [0.25, 0.3) is 0 Å². The molecule has 3 N–H and O–H groups in total. The number of nitrogens with one attached hydrogen (secondary N) is 1. The van der Waals surface area contributed by atoms with Crippen LogP contribution in [0.5, 0.6) is 5.75 Å². The highest BCUT2D eigenvalue weighted by molar-refractivity contribution is 5.78. The first-order valence-electron chi connectivity index (χ1n) is 8.73. The van der Waals surface area contributed by atoms with E-state index >= 15 is 0 Å². The Morgan fingerprint density at radius 3 is 2.60 bits per heavy atom. The fraction of sp³-hybridized carbons (Fsp3) is 0.350. The van der Waals surface area contributed by atoms with Crippen molar-refractivity contribution in [3.05, 3.63) is 65.7 Å². The van der Waals surface area contributed by atoms with Crippen LogP contribution in [0, 0.1) is 5.92 Å². The average Bonchev–Trinajstić information content (AvgIpc) is 2.68. The molecule has 2 aromatic carbocycles. The van der Waals surface area contributed by atoms with E-state index in [4.69, 9.17) is 10.6 Å². The van der Waals surface area contributed by atoms with Crippen molar-refractivity contribution >= 4 is 5.91 Å². The van der Waals surface area contributed by atoms with Gasteiger partial charge in [-0.3, -0.25) is 15.1 Å². The predicted molar refractivity (Wildman–Crippen MR) is 97.5 cm³/mol. The fourth-order valence-corrected chi connectivity index (χ4v) is 3.22. The first kappa shape index (κ1) is 17.5. The molecule has 132 valence electrons. The topological polar surface area (TPSA) is 67.6 Å². The standard InChI is InChI=1S/C20H25N3O2/c21-22-20(24)18-7-4-12-23(14-18)13-16-8-10-19(11-9-16)25-15-17-5-2-1-3-6-17/h1-3,5-6,8-11,18H,4,7,12-15,21H2,(H,22,24). The fourth-order valence-electron chi connectivity index (χ4n) is 3.22. The van der Waals surface area contributed by atoms with Gasteiger partial charge in [0.1, 0.15) is 12.4 Å². The summed E-state index contributed by atoms with van der Waals surface area (Å²) in [5.74, 6) is 6.06. The molecule has 0 aliphatic carbocycles. The molecular weight excluding hydrogens is 314 g/mol. The quantitative estimate of drug-likeness (QED) is 0.482. The molecule has 2 aromatic rings. The molecule has 5 heteroatoms. The molecule has 0 bridgehead atoms. The Labute approximate surface area is 148 Å². The van der Waals surface area contributed by atoms with E-state index in [1.165, 1.54) is 5.56 Å². The van der Waals surface area contributed by atoms with Gasteiger partial charge in [0.25, 0.3) is 0 Å². The normalized spacial score (nSPS) is 17.9. The smallest absolute Gasteiger partial charge is 0.238 e. The molecule has 1 amide bonds. The molecule has 0 aromatic heterocycles. The van der Waals surface area contributed by atoms with Crippen LogP contribution in [0.3, 0.4) is 0 Å². The molecule has 0 spiro atoms. The lowest BCUT2D eigenvalue weighted by Crippen LogP contribution is -2.44. The SMILES string of the molecule is NNC(=O)C1CCCN(Cc2ccc(OCc3ccccc3)cc2)C1. The summed E-state index contributed by atoms with van der Waals surface area (Å²) in [6, 6.07) is 18.3. The molecule has 1 fully saturated rings. The van der Waals surface area contributed by atoms with Gasteiger partial charge in [-0.2, -0.15) is 0 Å². The molecule has 3 rings (SSSR count). The Bertz CT molecular complexity index is 673. The molecule has 0 radical (unpaired) electrons. The van der Waals surface area contributed by atoms with Crippen LogP contribution in [0.4, 0.5) is 0 Å². The highest BCUT2D eigenvalue weighted by Crippen LogP contribution is 2.20. The number of nitrogens with zero attached hydrogens (tertiary/aromatic N) is 1. The maximum atomic E-state index is 11.7. The number of nitrogens with two attached hydrogens (primary N) is 1. The lowest BCUT2D eigenvalue weighted by atomic mass is 9.97. The van der Waals surface area contributed by atoms with Gasteiger partial charge >= 0.3 is 0 Å². The summed E-state index contributed by atoms with van der Waals surface area (Å²) in [4.78, 5) is 14.0. The summed E-state index contributed by atoms with van der Waals surface area (Å²) < 4.78 is 5.82. The van der Waals surface area contributed by atoms with Crippen molar-refractivity contribution in [3.8, 4) is 5.75 Å². The van der Waals surface area contributed by atoms with Crippen molar-refractivity contribution in [3.63, 3.8) is 0 Å². The van der Waals surface area contributed by atoms with E-state index in [1.807, 2.05) is 30.3 Å². The first-order valence-corrected chi connectivity index (χ1v) is 8.73. The van der Waals surface area contributed by atoms with E-state index in [0.717, 1.165) is 43.8 Å². The van der Waals surface area contributed by atoms with Gasteiger partial charge in [-0.15, -0.1) is 0 Å².